The van der Waals surface area contributed by atoms with E-state index in [0.717, 1.165) is 38.1 Å². The molecule has 7 rings (SSSR count). The number of nitrogens with one attached hydrogen (secondary N) is 1. The zero-order valence-corrected chi connectivity index (χ0v) is 20.6. The standard InChI is InChI=1S/C27H22F2N8O2/c1-30-15-2-5-19-21(12-15)35(14-33-19)26-32-13-22-25(34-26)37(27(38)36(22)16-6-9-31-10-7-16)20-8-11-39-24-18(29)4-3-17(28)23(20)24/h2-5,12-14,16,20,31H,6-11H2. The van der Waals surface area contributed by atoms with E-state index >= 15 is 4.39 Å². The molecule has 0 aliphatic carbocycles. The molecule has 0 radical (unpaired) electrons. The van der Waals surface area contributed by atoms with Gasteiger partial charge >= 0.3 is 5.69 Å². The Morgan fingerprint density at radius 1 is 1.03 bits per heavy atom. The smallest absolute Gasteiger partial charge is 0.331 e. The first-order valence-corrected chi connectivity index (χ1v) is 12.7. The van der Waals surface area contributed by atoms with Crippen LogP contribution in [-0.2, 0) is 0 Å². The van der Waals surface area contributed by atoms with Crippen LogP contribution in [0.15, 0.2) is 47.7 Å². The first-order chi connectivity index (χ1) is 19.0. The van der Waals surface area contributed by atoms with Crippen LogP contribution >= 0.6 is 0 Å². The van der Waals surface area contributed by atoms with E-state index in [-0.39, 0.29) is 42.0 Å². The van der Waals surface area contributed by atoms with Crippen molar-refractivity contribution >= 4 is 27.9 Å². The monoisotopic (exact) mass is 528 g/mol. The Hall–Kier alpha value is -4.63. The summed E-state index contributed by atoms with van der Waals surface area (Å²) in [5, 5.41) is 3.31. The molecule has 1 unspecified atom stereocenters. The third kappa shape index (κ3) is 3.61. The fraction of sp³-hybridized carbons (Fsp3) is 0.296. The molecule has 0 bridgehead atoms. The zero-order valence-electron chi connectivity index (χ0n) is 20.6. The van der Waals surface area contributed by atoms with E-state index in [1.54, 1.807) is 39.9 Å². The number of fused-ring (bicyclic) bond motifs is 3. The van der Waals surface area contributed by atoms with Crippen LogP contribution in [0.1, 0.15) is 36.9 Å². The molecule has 1 N–H and O–H groups in total. The average Bonchev–Trinajstić information content (AvgIpc) is 3.52. The van der Waals surface area contributed by atoms with Crippen molar-refractivity contribution in [3.05, 3.63) is 82.0 Å². The van der Waals surface area contributed by atoms with Gasteiger partial charge in [-0.2, -0.15) is 4.98 Å². The van der Waals surface area contributed by atoms with Gasteiger partial charge in [-0.3, -0.25) is 13.7 Å². The Kier molecular flexibility index (Phi) is 5.41. The van der Waals surface area contributed by atoms with E-state index in [9.17, 15) is 9.18 Å². The normalized spacial score (nSPS) is 17.7. The summed E-state index contributed by atoms with van der Waals surface area (Å²) in [5.74, 6) is -1.26. The summed E-state index contributed by atoms with van der Waals surface area (Å²) < 4.78 is 40.1. The first kappa shape index (κ1) is 23.5. The molecule has 1 fully saturated rings. The lowest BCUT2D eigenvalue weighted by molar-refractivity contribution is 0.237. The summed E-state index contributed by atoms with van der Waals surface area (Å²) >= 11 is 0. The molecule has 0 spiro atoms. The number of rotatable bonds is 3. The number of halogens is 2. The van der Waals surface area contributed by atoms with Gasteiger partial charge in [0.2, 0.25) is 5.95 Å². The molecule has 5 aromatic rings. The largest absolute Gasteiger partial charge is 0.490 e. The Bertz CT molecular complexity index is 1860. The van der Waals surface area contributed by atoms with Crippen molar-refractivity contribution in [2.75, 3.05) is 19.7 Å². The van der Waals surface area contributed by atoms with E-state index in [2.05, 4.69) is 20.1 Å². The molecular weight excluding hydrogens is 506 g/mol. The Morgan fingerprint density at radius 2 is 1.85 bits per heavy atom. The number of ether oxygens (including phenoxy) is 1. The second-order valence-corrected chi connectivity index (χ2v) is 9.71. The van der Waals surface area contributed by atoms with Crippen molar-refractivity contribution in [3.63, 3.8) is 0 Å². The minimum absolute atomic E-state index is 0.00246. The molecule has 1 atom stereocenters. The second-order valence-electron chi connectivity index (χ2n) is 9.71. The van der Waals surface area contributed by atoms with Crippen LogP contribution in [0, 0.1) is 18.2 Å². The van der Waals surface area contributed by atoms with E-state index < -0.39 is 17.7 Å². The molecule has 2 aromatic carbocycles. The van der Waals surface area contributed by atoms with Gasteiger partial charge in [0.05, 0.1) is 42.0 Å². The topological polar surface area (TPSA) is 96.2 Å². The lowest BCUT2D eigenvalue weighted by atomic mass is 9.99. The Balaban J connectivity index is 1.49. The van der Waals surface area contributed by atoms with Gasteiger partial charge in [-0.15, -0.1) is 0 Å². The fourth-order valence-corrected chi connectivity index (χ4v) is 5.74. The zero-order chi connectivity index (χ0) is 26.7. The molecule has 0 amide bonds. The molecule has 39 heavy (non-hydrogen) atoms. The number of hydrogen-bond acceptors (Lipinski definition) is 6. The molecule has 0 saturated carbocycles. The minimum Gasteiger partial charge on any atom is -0.490 e. The van der Waals surface area contributed by atoms with Crippen LogP contribution in [0.5, 0.6) is 5.75 Å². The SMILES string of the molecule is [C-]#[N+]c1ccc2ncn(-c3ncc4c(n3)n(C3CCOc5c(F)ccc(F)c53)c(=O)n4C3CCNCC3)c2c1. The molecule has 10 nitrogen and oxygen atoms in total. The number of benzene rings is 2. The predicted molar refractivity (Wildman–Crippen MR) is 138 cm³/mol. The fourth-order valence-electron chi connectivity index (χ4n) is 5.74. The van der Waals surface area contributed by atoms with Crippen LogP contribution in [0.2, 0.25) is 0 Å². The van der Waals surface area contributed by atoms with Crippen LogP contribution in [0.4, 0.5) is 14.5 Å². The predicted octanol–water partition coefficient (Wildman–Crippen LogP) is 4.06. The maximum atomic E-state index is 15.2. The summed E-state index contributed by atoms with van der Waals surface area (Å²) in [6.07, 6.45) is 4.90. The molecule has 196 valence electrons. The maximum absolute atomic E-state index is 15.2. The number of piperidine rings is 1. The van der Waals surface area contributed by atoms with Gasteiger partial charge in [0.1, 0.15) is 17.7 Å². The lowest BCUT2D eigenvalue weighted by Gasteiger charge is -2.27. The minimum atomic E-state index is -0.821. The van der Waals surface area contributed by atoms with Crippen molar-refractivity contribution in [2.45, 2.75) is 31.3 Å². The summed E-state index contributed by atoms with van der Waals surface area (Å²) in [6.45, 7) is 9.00. The summed E-state index contributed by atoms with van der Waals surface area (Å²) in [5.41, 5.74) is 2.22. The Labute approximate surface area is 220 Å². The third-order valence-electron chi connectivity index (χ3n) is 7.56. The van der Waals surface area contributed by atoms with Crippen LogP contribution < -0.4 is 15.7 Å². The highest BCUT2D eigenvalue weighted by Gasteiger charge is 2.34. The van der Waals surface area contributed by atoms with Crippen molar-refractivity contribution in [1.82, 2.24) is 34.0 Å². The second kappa shape index (κ2) is 8.99. The van der Waals surface area contributed by atoms with Crippen LogP contribution in [0.25, 0.3) is 33.0 Å². The van der Waals surface area contributed by atoms with Gasteiger partial charge in [0.25, 0.3) is 0 Å². The van der Waals surface area contributed by atoms with E-state index in [0.29, 0.717) is 27.9 Å². The van der Waals surface area contributed by atoms with Crippen molar-refractivity contribution in [1.29, 1.82) is 0 Å². The number of nitrogens with zero attached hydrogens (tertiary/aromatic N) is 7. The summed E-state index contributed by atoms with van der Waals surface area (Å²) in [7, 11) is 0. The number of aromatic nitrogens is 6. The molecule has 2 aliphatic rings. The highest BCUT2D eigenvalue weighted by Crippen LogP contribution is 2.39. The van der Waals surface area contributed by atoms with Crippen LogP contribution in [-0.4, -0.2) is 48.3 Å². The highest BCUT2D eigenvalue weighted by molar-refractivity contribution is 5.81. The third-order valence-corrected chi connectivity index (χ3v) is 7.56. The van der Waals surface area contributed by atoms with Gasteiger partial charge in [-0.25, -0.2) is 28.4 Å². The van der Waals surface area contributed by atoms with E-state index in [1.165, 1.54) is 4.57 Å². The number of hydrogen-bond donors (Lipinski definition) is 1. The van der Waals surface area contributed by atoms with E-state index in [1.807, 2.05) is 0 Å². The number of imidazole rings is 2. The summed E-state index contributed by atoms with van der Waals surface area (Å²) in [6, 6.07) is 6.30. The quantitative estimate of drug-likeness (QED) is 0.355. The lowest BCUT2D eigenvalue weighted by Crippen LogP contribution is -2.36. The molecule has 5 heterocycles. The molecule has 1 saturated heterocycles. The molecular formula is C27H22F2N8O2. The van der Waals surface area contributed by atoms with E-state index in [4.69, 9.17) is 16.3 Å². The molecule has 2 aliphatic heterocycles. The van der Waals surface area contributed by atoms with Gasteiger partial charge in [-0.1, -0.05) is 6.07 Å². The Morgan fingerprint density at radius 3 is 2.67 bits per heavy atom. The van der Waals surface area contributed by atoms with Crippen molar-refractivity contribution in [3.8, 4) is 11.7 Å². The first-order valence-electron chi connectivity index (χ1n) is 12.7. The van der Waals surface area contributed by atoms with Crippen molar-refractivity contribution < 1.29 is 13.5 Å². The maximum Gasteiger partial charge on any atom is 0.331 e. The van der Waals surface area contributed by atoms with Crippen LogP contribution in [0.3, 0.4) is 0 Å². The van der Waals surface area contributed by atoms with Gasteiger partial charge in [0.15, 0.2) is 22.9 Å². The molecule has 12 heteroatoms. The van der Waals surface area contributed by atoms with Gasteiger partial charge in [-0.05, 0) is 50.2 Å². The average molecular weight is 529 g/mol. The van der Waals surface area contributed by atoms with Gasteiger partial charge in [0, 0.05) is 12.5 Å². The molecule has 3 aromatic heterocycles. The highest BCUT2D eigenvalue weighted by atomic mass is 19.1. The van der Waals surface area contributed by atoms with Gasteiger partial charge < -0.3 is 10.1 Å². The van der Waals surface area contributed by atoms with Crippen molar-refractivity contribution in [2.24, 2.45) is 0 Å². The summed E-state index contributed by atoms with van der Waals surface area (Å²) in [4.78, 5) is 31.4.